The lowest BCUT2D eigenvalue weighted by Crippen LogP contribution is -2.20. The van der Waals surface area contributed by atoms with E-state index >= 15 is 0 Å². The molecule has 2 rings (SSSR count). The molecule has 0 radical (unpaired) electrons. The summed E-state index contributed by atoms with van der Waals surface area (Å²) >= 11 is 0. The quantitative estimate of drug-likeness (QED) is 0.723. The normalized spacial score (nSPS) is 16.4. The smallest absolute Gasteiger partial charge is 0.120 e. The Balaban J connectivity index is 2.29. The van der Waals surface area contributed by atoms with E-state index in [1.165, 1.54) is 11.3 Å². The van der Waals surface area contributed by atoms with Crippen molar-refractivity contribution in [3.8, 4) is 0 Å². The standard InChI is InChI=1S/C13H16N2O/c1-11(6-9-16)12-4-2-3-5-13(12)15-8-7-14-10-15/h2-5,9-11H,6-8H2,1H3. The van der Waals surface area contributed by atoms with Crippen LogP contribution in [0.5, 0.6) is 0 Å². The fourth-order valence-electron chi connectivity index (χ4n) is 2.00. The molecule has 0 saturated heterocycles. The van der Waals surface area contributed by atoms with Crippen LogP contribution in [0.3, 0.4) is 0 Å². The third-order valence-corrected chi connectivity index (χ3v) is 2.92. The minimum absolute atomic E-state index is 0.266. The van der Waals surface area contributed by atoms with Crippen molar-refractivity contribution in [2.75, 3.05) is 18.0 Å². The van der Waals surface area contributed by atoms with Crippen molar-refractivity contribution < 1.29 is 4.79 Å². The van der Waals surface area contributed by atoms with E-state index in [4.69, 9.17) is 0 Å². The fourth-order valence-corrected chi connectivity index (χ4v) is 2.00. The first-order valence-electron chi connectivity index (χ1n) is 5.62. The molecule has 1 heterocycles. The second kappa shape index (κ2) is 4.92. The molecule has 3 nitrogen and oxygen atoms in total. The SMILES string of the molecule is CC(CC=O)c1ccccc1N1C=NCC1. The van der Waals surface area contributed by atoms with Gasteiger partial charge in [0.2, 0.25) is 0 Å². The lowest BCUT2D eigenvalue weighted by Gasteiger charge is -2.21. The zero-order valence-corrected chi connectivity index (χ0v) is 9.47. The molecule has 84 valence electrons. The van der Waals surface area contributed by atoms with Gasteiger partial charge in [0.15, 0.2) is 0 Å². The molecule has 1 aliphatic heterocycles. The largest absolute Gasteiger partial charge is 0.331 e. The Labute approximate surface area is 95.8 Å². The molecular formula is C13H16N2O. The topological polar surface area (TPSA) is 32.7 Å². The van der Waals surface area contributed by atoms with E-state index in [9.17, 15) is 4.79 Å². The van der Waals surface area contributed by atoms with Crippen molar-refractivity contribution in [1.82, 2.24) is 0 Å². The van der Waals surface area contributed by atoms with Gasteiger partial charge < -0.3 is 9.69 Å². The van der Waals surface area contributed by atoms with Crippen LogP contribution in [-0.4, -0.2) is 25.7 Å². The molecule has 1 unspecified atom stereocenters. The second-order valence-electron chi connectivity index (χ2n) is 4.08. The Morgan fingerprint density at radius 1 is 1.50 bits per heavy atom. The second-order valence-corrected chi connectivity index (χ2v) is 4.08. The van der Waals surface area contributed by atoms with Crippen molar-refractivity contribution >= 4 is 18.3 Å². The van der Waals surface area contributed by atoms with Crippen LogP contribution in [0.1, 0.15) is 24.8 Å². The predicted octanol–water partition coefficient (Wildman–Crippen LogP) is 2.23. The Kier molecular flexibility index (Phi) is 3.34. The maximum Gasteiger partial charge on any atom is 0.120 e. The molecule has 1 aromatic rings. The van der Waals surface area contributed by atoms with E-state index in [0.717, 1.165) is 19.4 Å². The van der Waals surface area contributed by atoms with Crippen LogP contribution < -0.4 is 4.90 Å². The van der Waals surface area contributed by atoms with Gasteiger partial charge in [0, 0.05) is 18.7 Å². The minimum atomic E-state index is 0.266. The first-order valence-corrected chi connectivity index (χ1v) is 5.62. The third-order valence-electron chi connectivity index (χ3n) is 2.92. The molecule has 1 aromatic carbocycles. The number of para-hydroxylation sites is 1. The fraction of sp³-hybridized carbons (Fsp3) is 0.385. The molecule has 0 fully saturated rings. The van der Waals surface area contributed by atoms with E-state index < -0.39 is 0 Å². The van der Waals surface area contributed by atoms with E-state index in [2.05, 4.69) is 28.9 Å². The van der Waals surface area contributed by atoms with Crippen LogP contribution in [0, 0.1) is 0 Å². The lowest BCUT2D eigenvalue weighted by molar-refractivity contribution is -0.108. The molecule has 0 bridgehead atoms. The summed E-state index contributed by atoms with van der Waals surface area (Å²) in [6.07, 6.45) is 3.44. The average Bonchev–Trinajstić information content (AvgIpc) is 2.83. The molecule has 0 spiro atoms. The summed E-state index contributed by atoms with van der Waals surface area (Å²) in [4.78, 5) is 16.9. The number of nitrogens with zero attached hydrogens (tertiary/aromatic N) is 2. The number of rotatable bonds is 4. The van der Waals surface area contributed by atoms with E-state index in [1.54, 1.807) is 0 Å². The zero-order valence-electron chi connectivity index (χ0n) is 9.47. The summed E-state index contributed by atoms with van der Waals surface area (Å²) in [6.45, 7) is 3.88. The maximum atomic E-state index is 10.6. The highest BCUT2D eigenvalue weighted by Gasteiger charge is 2.15. The van der Waals surface area contributed by atoms with Gasteiger partial charge >= 0.3 is 0 Å². The van der Waals surface area contributed by atoms with Crippen LogP contribution >= 0.6 is 0 Å². The highest BCUT2D eigenvalue weighted by molar-refractivity contribution is 5.82. The van der Waals surface area contributed by atoms with Crippen LogP contribution in [0.4, 0.5) is 5.69 Å². The van der Waals surface area contributed by atoms with Gasteiger partial charge in [-0.2, -0.15) is 0 Å². The molecule has 1 atom stereocenters. The number of aldehydes is 1. The Morgan fingerprint density at radius 3 is 3.00 bits per heavy atom. The number of aliphatic imine (C=N–C) groups is 1. The van der Waals surface area contributed by atoms with Gasteiger partial charge in [0.1, 0.15) is 6.29 Å². The van der Waals surface area contributed by atoms with E-state index in [1.807, 2.05) is 18.5 Å². The summed E-state index contributed by atoms with van der Waals surface area (Å²) in [6, 6.07) is 8.23. The molecule has 3 heteroatoms. The summed E-state index contributed by atoms with van der Waals surface area (Å²) in [7, 11) is 0. The first-order chi connectivity index (χ1) is 7.83. The zero-order chi connectivity index (χ0) is 11.4. The number of hydrogen-bond acceptors (Lipinski definition) is 3. The number of carbonyl (C=O) groups excluding carboxylic acids is 1. The monoisotopic (exact) mass is 216 g/mol. The predicted molar refractivity (Wildman–Crippen MR) is 66.2 cm³/mol. The van der Waals surface area contributed by atoms with Gasteiger partial charge in [0.05, 0.1) is 12.9 Å². The van der Waals surface area contributed by atoms with Gasteiger partial charge in [-0.1, -0.05) is 25.1 Å². The Hall–Kier alpha value is -1.64. The van der Waals surface area contributed by atoms with Crippen molar-refractivity contribution in [2.24, 2.45) is 4.99 Å². The molecular weight excluding hydrogens is 200 g/mol. The molecule has 0 aromatic heterocycles. The number of hydrogen-bond donors (Lipinski definition) is 0. The molecule has 1 aliphatic rings. The minimum Gasteiger partial charge on any atom is -0.331 e. The summed E-state index contributed by atoms with van der Waals surface area (Å²) < 4.78 is 0. The summed E-state index contributed by atoms with van der Waals surface area (Å²) in [5, 5.41) is 0. The lowest BCUT2D eigenvalue weighted by atomic mass is 9.96. The third kappa shape index (κ3) is 2.13. The highest BCUT2D eigenvalue weighted by Crippen LogP contribution is 2.29. The van der Waals surface area contributed by atoms with Crippen molar-refractivity contribution in [1.29, 1.82) is 0 Å². The Morgan fingerprint density at radius 2 is 2.31 bits per heavy atom. The average molecular weight is 216 g/mol. The maximum absolute atomic E-state index is 10.6. The van der Waals surface area contributed by atoms with Gasteiger partial charge in [-0.25, -0.2) is 0 Å². The van der Waals surface area contributed by atoms with E-state index in [-0.39, 0.29) is 5.92 Å². The molecule has 0 aliphatic carbocycles. The van der Waals surface area contributed by atoms with Gasteiger partial charge in [-0.05, 0) is 17.5 Å². The van der Waals surface area contributed by atoms with Crippen molar-refractivity contribution in [3.05, 3.63) is 29.8 Å². The number of anilines is 1. The molecule has 0 N–H and O–H groups in total. The van der Waals surface area contributed by atoms with Gasteiger partial charge in [0.25, 0.3) is 0 Å². The summed E-state index contributed by atoms with van der Waals surface area (Å²) in [5.74, 6) is 0.266. The van der Waals surface area contributed by atoms with Crippen LogP contribution in [-0.2, 0) is 4.79 Å². The first kappa shape index (κ1) is 10.9. The number of carbonyl (C=O) groups is 1. The number of benzene rings is 1. The van der Waals surface area contributed by atoms with Gasteiger partial charge in [-0.3, -0.25) is 4.99 Å². The highest BCUT2D eigenvalue weighted by atomic mass is 16.1. The van der Waals surface area contributed by atoms with Gasteiger partial charge in [-0.15, -0.1) is 0 Å². The van der Waals surface area contributed by atoms with Crippen molar-refractivity contribution in [2.45, 2.75) is 19.3 Å². The Bertz CT molecular complexity index is 401. The van der Waals surface area contributed by atoms with Crippen LogP contribution in [0.25, 0.3) is 0 Å². The van der Waals surface area contributed by atoms with Crippen LogP contribution in [0.2, 0.25) is 0 Å². The van der Waals surface area contributed by atoms with Crippen molar-refractivity contribution in [3.63, 3.8) is 0 Å². The summed E-state index contributed by atoms with van der Waals surface area (Å²) in [5.41, 5.74) is 2.40. The molecule has 16 heavy (non-hydrogen) atoms. The molecule has 0 amide bonds. The van der Waals surface area contributed by atoms with E-state index in [0.29, 0.717) is 6.42 Å². The molecule has 0 saturated carbocycles. The van der Waals surface area contributed by atoms with Crippen LogP contribution in [0.15, 0.2) is 29.3 Å².